The van der Waals surface area contributed by atoms with Crippen LogP contribution < -0.4 is 11.4 Å². The van der Waals surface area contributed by atoms with Crippen LogP contribution in [0.5, 0.6) is 0 Å². The summed E-state index contributed by atoms with van der Waals surface area (Å²) in [5, 5.41) is 3.98. The van der Waals surface area contributed by atoms with Gasteiger partial charge in [-0.05, 0) is 34.4 Å². The Morgan fingerprint density at radius 1 is 1.25 bits per heavy atom. The lowest BCUT2D eigenvalue weighted by molar-refractivity contribution is 0.536. The van der Waals surface area contributed by atoms with E-state index in [0.29, 0.717) is 17.7 Å². The Hall–Kier alpha value is -2.95. The zero-order valence-corrected chi connectivity index (χ0v) is 15.5. The second-order valence-corrected chi connectivity index (χ2v) is 6.86. The van der Waals surface area contributed by atoms with Crippen LogP contribution in [0.1, 0.15) is 5.56 Å². The van der Waals surface area contributed by atoms with Crippen molar-refractivity contribution in [2.45, 2.75) is 12.3 Å². The number of hydrogen-bond acceptors (Lipinski definition) is 6. The van der Waals surface area contributed by atoms with E-state index in [2.05, 4.69) is 10.1 Å². The lowest BCUT2D eigenvalue weighted by Crippen LogP contribution is -2.26. The minimum absolute atomic E-state index is 0.0144. The molecule has 0 saturated heterocycles. The van der Waals surface area contributed by atoms with E-state index in [1.54, 1.807) is 42.6 Å². The lowest BCUT2D eigenvalue weighted by Gasteiger charge is -2.08. The van der Waals surface area contributed by atoms with Crippen LogP contribution >= 0.6 is 0 Å². The van der Waals surface area contributed by atoms with Crippen LogP contribution in [0.4, 0.5) is 4.39 Å². The summed E-state index contributed by atoms with van der Waals surface area (Å²) in [7, 11) is 0. The molecule has 1 unspecified atom stereocenters. The molecule has 2 aromatic heterocycles. The summed E-state index contributed by atoms with van der Waals surface area (Å²) in [6.07, 6.45) is 3.24. The summed E-state index contributed by atoms with van der Waals surface area (Å²) < 4.78 is 36.6. The van der Waals surface area contributed by atoms with Crippen molar-refractivity contribution in [3.8, 4) is 16.9 Å². The van der Waals surface area contributed by atoms with Gasteiger partial charge in [-0.2, -0.15) is 5.10 Å². The van der Waals surface area contributed by atoms with Crippen molar-refractivity contribution in [2.75, 3.05) is 6.54 Å². The van der Waals surface area contributed by atoms with Gasteiger partial charge in [-0.3, -0.25) is 4.21 Å². The van der Waals surface area contributed by atoms with E-state index < -0.39 is 16.8 Å². The van der Waals surface area contributed by atoms with Crippen molar-refractivity contribution in [3.05, 3.63) is 76.9 Å². The molecule has 0 aliphatic rings. The van der Waals surface area contributed by atoms with Gasteiger partial charge in [0.05, 0.1) is 12.9 Å². The molecule has 0 aliphatic heterocycles. The summed E-state index contributed by atoms with van der Waals surface area (Å²) in [4.78, 5) is 16.7. The van der Waals surface area contributed by atoms with E-state index in [9.17, 15) is 17.9 Å². The van der Waals surface area contributed by atoms with Gasteiger partial charge in [-0.15, -0.1) is 0 Å². The summed E-state index contributed by atoms with van der Waals surface area (Å²) in [5.74, 6) is 0.311. The van der Waals surface area contributed by atoms with Crippen molar-refractivity contribution in [1.29, 1.82) is 0 Å². The molecule has 0 radical (unpaired) electrons. The molecule has 0 fully saturated rings. The summed E-state index contributed by atoms with van der Waals surface area (Å²) >= 11 is -2.15. The fourth-order valence-electron chi connectivity index (χ4n) is 2.60. The molecular formula is C18H17FN5O3S-. The number of rotatable bonds is 7. The second kappa shape index (κ2) is 8.83. The fraction of sp³-hybridized carbons (Fsp3) is 0.167. The molecule has 8 nitrogen and oxygen atoms in total. The molecule has 0 saturated carbocycles. The molecule has 0 bridgehead atoms. The van der Waals surface area contributed by atoms with Crippen molar-refractivity contribution in [1.82, 2.24) is 19.3 Å². The van der Waals surface area contributed by atoms with E-state index >= 15 is 0 Å². The van der Waals surface area contributed by atoms with E-state index in [-0.39, 0.29) is 24.4 Å². The zero-order chi connectivity index (χ0) is 20.1. The SMILES string of the molecule is NC/C(=C\F)Cn1ncn(-c2cc(-c3ccc(CS(=O)[O-])cc3)ccn2)c1=O. The maximum atomic E-state index is 12.7. The number of hydrogen-bond donors (Lipinski definition) is 1. The van der Waals surface area contributed by atoms with Gasteiger partial charge in [-0.25, -0.2) is 23.4 Å². The largest absolute Gasteiger partial charge is 0.772 e. The Bertz CT molecular complexity index is 1080. The second-order valence-electron chi connectivity index (χ2n) is 5.96. The van der Waals surface area contributed by atoms with Crippen LogP contribution in [-0.2, 0) is 23.4 Å². The molecular weight excluding hydrogens is 385 g/mol. The number of nitrogens with zero attached hydrogens (tertiary/aromatic N) is 4. The molecule has 0 spiro atoms. The van der Waals surface area contributed by atoms with Gasteiger partial charge in [-0.1, -0.05) is 35.3 Å². The van der Waals surface area contributed by atoms with Crippen LogP contribution in [0.3, 0.4) is 0 Å². The van der Waals surface area contributed by atoms with Crippen molar-refractivity contribution < 1.29 is 13.2 Å². The summed E-state index contributed by atoms with van der Waals surface area (Å²) in [5.41, 5.74) is 7.51. The molecule has 10 heteroatoms. The first-order valence-corrected chi connectivity index (χ1v) is 9.50. The van der Waals surface area contributed by atoms with E-state index in [1.165, 1.54) is 10.9 Å². The van der Waals surface area contributed by atoms with E-state index in [1.807, 2.05) is 0 Å². The normalized spacial score (nSPS) is 12.9. The number of nitrogens with two attached hydrogens (primary N) is 1. The third-order valence-corrected chi connectivity index (χ3v) is 4.64. The number of halogens is 1. The minimum atomic E-state index is -2.15. The monoisotopic (exact) mass is 402 g/mol. The van der Waals surface area contributed by atoms with Crippen LogP contribution in [0.15, 0.2) is 65.6 Å². The first-order valence-electron chi connectivity index (χ1n) is 8.26. The molecule has 28 heavy (non-hydrogen) atoms. The quantitative estimate of drug-likeness (QED) is 0.595. The Kier molecular flexibility index (Phi) is 6.24. The number of pyridine rings is 1. The van der Waals surface area contributed by atoms with Gasteiger partial charge in [0, 0.05) is 18.5 Å². The first kappa shape index (κ1) is 19.8. The van der Waals surface area contributed by atoms with E-state index in [4.69, 9.17) is 5.73 Å². The van der Waals surface area contributed by atoms with Gasteiger partial charge in [0.15, 0.2) is 0 Å². The van der Waals surface area contributed by atoms with Crippen molar-refractivity contribution in [3.63, 3.8) is 0 Å². The summed E-state index contributed by atoms with van der Waals surface area (Å²) in [6, 6.07) is 10.5. The Morgan fingerprint density at radius 3 is 2.64 bits per heavy atom. The molecule has 2 heterocycles. The van der Waals surface area contributed by atoms with E-state index in [0.717, 1.165) is 15.8 Å². The molecule has 0 aliphatic carbocycles. The Morgan fingerprint density at radius 2 is 2.00 bits per heavy atom. The average molecular weight is 402 g/mol. The maximum Gasteiger partial charge on any atom is 0.351 e. The molecule has 3 aromatic rings. The maximum absolute atomic E-state index is 12.7. The Balaban J connectivity index is 1.89. The van der Waals surface area contributed by atoms with Crippen LogP contribution in [0, 0.1) is 0 Å². The van der Waals surface area contributed by atoms with Gasteiger partial charge >= 0.3 is 5.69 Å². The number of benzene rings is 1. The lowest BCUT2D eigenvalue weighted by atomic mass is 10.1. The summed E-state index contributed by atoms with van der Waals surface area (Å²) in [6.45, 7) is -0.0550. The van der Waals surface area contributed by atoms with Gasteiger partial charge in [0.25, 0.3) is 0 Å². The third kappa shape index (κ3) is 4.47. The topological polar surface area (TPSA) is 119 Å². The molecule has 0 amide bonds. The molecule has 2 N–H and O–H groups in total. The predicted molar refractivity (Wildman–Crippen MR) is 102 cm³/mol. The van der Waals surface area contributed by atoms with Crippen molar-refractivity contribution in [2.24, 2.45) is 5.73 Å². The first-order chi connectivity index (χ1) is 13.5. The molecule has 1 atom stereocenters. The fourth-order valence-corrected chi connectivity index (χ4v) is 3.06. The third-order valence-electron chi connectivity index (χ3n) is 4.07. The van der Waals surface area contributed by atoms with Crippen LogP contribution in [-0.4, -0.2) is 34.6 Å². The Labute approximate surface area is 162 Å². The number of aromatic nitrogens is 4. The van der Waals surface area contributed by atoms with Gasteiger partial charge in [0.2, 0.25) is 0 Å². The zero-order valence-electron chi connectivity index (χ0n) is 14.7. The predicted octanol–water partition coefficient (Wildman–Crippen LogP) is 1.29. The molecule has 3 rings (SSSR count). The standard InChI is InChI=1S/C18H18FN5O3S/c19-8-14(9-20)10-24-18(25)23(12-22-24)17-7-16(5-6-21-17)15-3-1-13(2-4-15)11-28(26)27/h1-8,12H,9-11,20H2,(H,26,27)/p-1/b14-8+. The van der Waals surface area contributed by atoms with Crippen LogP contribution in [0.2, 0.25) is 0 Å². The highest BCUT2D eigenvalue weighted by Gasteiger charge is 2.10. The molecule has 146 valence electrons. The van der Waals surface area contributed by atoms with Gasteiger partial charge < -0.3 is 10.3 Å². The molecule has 1 aromatic carbocycles. The minimum Gasteiger partial charge on any atom is -0.772 e. The van der Waals surface area contributed by atoms with Gasteiger partial charge in [0.1, 0.15) is 12.1 Å². The highest BCUT2D eigenvalue weighted by molar-refractivity contribution is 7.78. The average Bonchev–Trinajstić information content (AvgIpc) is 3.06. The highest BCUT2D eigenvalue weighted by Crippen LogP contribution is 2.21. The van der Waals surface area contributed by atoms with Crippen molar-refractivity contribution >= 4 is 11.1 Å². The highest BCUT2D eigenvalue weighted by atomic mass is 32.2. The smallest absolute Gasteiger partial charge is 0.351 e. The van der Waals surface area contributed by atoms with Crippen LogP contribution in [0.25, 0.3) is 16.9 Å².